The Hall–Kier alpha value is -1.65. The Bertz CT molecular complexity index is 679. The third-order valence-electron chi connectivity index (χ3n) is 3.92. The van der Waals surface area contributed by atoms with Gasteiger partial charge in [0.25, 0.3) is 0 Å². The molecule has 0 saturated carbocycles. The Morgan fingerprint density at radius 3 is 1.04 bits per heavy atom. The van der Waals surface area contributed by atoms with E-state index in [1.807, 2.05) is 38.1 Å². The van der Waals surface area contributed by atoms with Gasteiger partial charge in [-0.15, -0.1) is 0 Å². The first-order chi connectivity index (χ1) is 12.6. The average Bonchev–Trinajstić information content (AvgIpc) is 2.43. The molecule has 0 spiro atoms. The second-order valence-corrected chi connectivity index (χ2v) is 9.35. The van der Waals surface area contributed by atoms with Gasteiger partial charge in [0, 0.05) is 0 Å². The van der Waals surface area contributed by atoms with Crippen LogP contribution in [0.5, 0.6) is 11.5 Å². The van der Waals surface area contributed by atoms with Gasteiger partial charge in [-0.25, -0.2) is 0 Å². The highest BCUT2D eigenvalue weighted by Crippen LogP contribution is 2.31. The van der Waals surface area contributed by atoms with Crippen molar-refractivity contribution < 1.29 is 24.9 Å². The van der Waals surface area contributed by atoms with Crippen molar-refractivity contribution in [3.8, 4) is 11.5 Å². The van der Waals surface area contributed by atoms with Crippen molar-refractivity contribution in [2.45, 2.75) is 66.2 Å². The first-order valence-corrected chi connectivity index (χ1v) is 10.2. The molecule has 5 nitrogen and oxygen atoms in total. The van der Waals surface area contributed by atoms with Crippen molar-refractivity contribution >= 4 is 8.60 Å². The standard InChI is InChI=1S/2C11H16O.H3O3P/c2*1-8-5-6-9(10(12)7-8)11(2,3)4;1-4(2)3/h2*5-7,12H,1-4H3;1-3H. The number of aryl methyl sites for hydroxylation is 2. The lowest BCUT2D eigenvalue weighted by Crippen LogP contribution is -2.11. The molecule has 0 bridgehead atoms. The van der Waals surface area contributed by atoms with Gasteiger partial charge in [-0.05, 0) is 59.1 Å². The lowest BCUT2D eigenvalue weighted by atomic mass is 9.86. The second-order valence-electron chi connectivity index (χ2n) is 8.81. The summed E-state index contributed by atoms with van der Waals surface area (Å²) < 4.78 is 0. The molecule has 0 atom stereocenters. The molecule has 28 heavy (non-hydrogen) atoms. The highest BCUT2D eigenvalue weighted by atomic mass is 31.2. The molecule has 0 aliphatic rings. The summed E-state index contributed by atoms with van der Waals surface area (Å²) in [6.45, 7) is 16.5. The smallest absolute Gasteiger partial charge is 0.324 e. The maximum atomic E-state index is 9.63. The molecule has 2 aromatic rings. The molecule has 6 heteroatoms. The Morgan fingerprint density at radius 1 is 0.607 bits per heavy atom. The van der Waals surface area contributed by atoms with E-state index in [0.29, 0.717) is 11.5 Å². The van der Waals surface area contributed by atoms with Crippen LogP contribution >= 0.6 is 8.60 Å². The van der Waals surface area contributed by atoms with Crippen LogP contribution in [0.25, 0.3) is 0 Å². The van der Waals surface area contributed by atoms with Crippen LogP contribution in [0.1, 0.15) is 63.8 Å². The van der Waals surface area contributed by atoms with Crippen molar-refractivity contribution in [1.82, 2.24) is 0 Å². The number of phenolic OH excluding ortho intramolecular Hbond substituents is 2. The van der Waals surface area contributed by atoms with E-state index in [-0.39, 0.29) is 10.8 Å². The minimum Gasteiger partial charge on any atom is -0.508 e. The molecular weight excluding hydrogens is 375 g/mol. The third-order valence-corrected chi connectivity index (χ3v) is 3.92. The predicted molar refractivity (Wildman–Crippen MR) is 117 cm³/mol. The molecule has 0 unspecified atom stereocenters. The Labute approximate surface area is 170 Å². The lowest BCUT2D eigenvalue weighted by molar-refractivity contribution is 0.368. The molecule has 0 amide bonds. The molecule has 0 saturated heterocycles. The van der Waals surface area contributed by atoms with Crippen LogP contribution in [-0.4, -0.2) is 24.9 Å². The van der Waals surface area contributed by atoms with Crippen LogP contribution in [0.15, 0.2) is 36.4 Å². The Balaban J connectivity index is 0.000000439. The van der Waals surface area contributed by atoms with Crippen molar-refractivity contribution in [3.63, 3.8) is 0 Å². The largest absolute Gasteiger partial charge is 0.508 e. The molecule has 2 aromatic carbocycles. The van der Waals surface area contributed by atoms with E-state index < -0.39 is 8.60 Å². The van der Waals surface area contributed by atoms with Gasteiger partial charge in [0.15, 0.2) is 0 Å². The maximum absolute atomic E-state index is 9.63. The van der Waals surface area contributed by atoms with Crippen LogP contribution in [0.3, 0.4) is 0 Å². The average molecular weight is 410 g/mol. The van der Waals surface area contributed by atoms with Crippen LogP contribution < -0.4 is 0 Å². The third kappa shape index (κ3) is 10.0. The Kier molecular flexibility index (Phi) is 10.1. The number of hydrogen-bond donors (Lipinski definition) is 5. The number of phenols is 2. The summed E-state index contributed by atoms with van der Waals surface area (Å²) in [7, 11) is -2.62. The van der Waals surface area contributed by atoms with Gasteiger partial charge in [-0.3, -0.25) is 0 Å². The summed E-state index contributed by atoms with van der Waals surface area (Å²) in [5.74, 6) is 0.810. The van der Waals surface area contributed by atoms with E-state index in [4.69, 9.17) is 14.7 Å². The van der Waals surface area contributed by atoms with Crippen LogP contribution in [0.4, 0.5) is 0 Å². The summed E-state index contributed by atoms with van der Waals surface area (Å²) in [4.78, 5) is 21.7. The minimum absolute atomic E-state index is 0.0256. The molecule has 0 aromatic heterocycles. The highest BCUT2D eigenvalue weighted by molar-refractivity contribution is 7.38. The first-order valence-electron chi connectivity index (χ1n) is 9.02. The number of benzene rings is 2. The fourth-order valence-corrected chi connectivity index (χ4v) is 2.55. The number of aromatic hydroxyl groups is 2. The normalized spacial score (nSPS) is 11.3. The summed E-state index contributed by atoms with van der Waals surface area (Å²) in [5.41, 5.74) is 4.26. The monoisotopic (exact) mass is 410 g/mol. The van der Waals surface area contributed by atoms with Gasteiger partial charge in [0.2, 0.25) is 0 Å². The summed E-state index contributed by atoms with van der Waals surface area (Å²) in [6.07, 6.45) is 0. The SMILES string of the molecule is Cc1ccc(C(C)(C)C)c(O)c1.Cc1ccc(C(C)(C)C)c(O)c1.OP(O)O. The molecule has 0 aliphatic carbocycles. The van der Waals surface area contributed by atoms with Crippen LogP contribution in [-0.2, 0) is 10.8 Å². The van der Waals surface area contributed by atoms with E-state index in [1.165, 1.54) is 0 Å². The van der Waals surface area contributed by atoms with E-state index >= 15 is 0 Å². The predicted octanol–water partition coefficient (Wildman–Crippen LogP) is 5.19. The van der Waals surface area contributed by atoms with Crippen LogP contribution in [0.2, 0.25) is 0 Å². The van der Waals surface area contributed by atoms with Crippen molar-refractivity contribution in [2.24, 2.45) is 0 Å². The van der Waals surface area contributed by atoms with E-state index in [1.54, 1.807) is 12.1 Å². The fourth-order valence-electron chi connectivity index (χ4n) is 2.55. The number of hydrogen-bond acceptors (Lipinski definition) is 5. The first kappa shape index (κ1) is 26.4. The second kappa shape index (κ2) is 10.8. The molecule has 158 valence electrons. The Morgan fingerprint density at radius 2 is 0.857 bits per heavy atom. The van der Waals surface area contributed by atoms with Gasteiger partial charge in [-0.1, -0.05) is 65.8 Å². The van der Waals surface area contributed by atoms with Crippen LogP contribution in [0, 0.1) is 13.8 Å². The van der Waals surface area contributed by atoms with E-state index in [2.05, 4.69) is 41.5 Å². The molecule has 0 fully saturated rings. The molecule has 5 N–H and O–H groups in total. The van der Waals surface area contributed by atoms with Gasteiger partial charge < -0.3 is 24.9 Å². The zero-order valence-electron chi connectivity index (χ0n) is 18.1. The molecule has 0 aliphatic heterocycles. The summed E-state index contributed by atoms with van der Waals surface area (Å²) in [5, 5.41) is 19.3. The minimum atomic E-state index is -2.62. The zero-order chi connectivity index (χ0) is 22.3. The van der Waals surface area contributed by atoms with Crippen molar-refractivity contribution in [1.29, 1.82) is 0 Å². The van der Waals surface area contributed by atoms with Gasteiger partial charge in [-0.2, -0.15) is 0 Å². The molecule has 0 heterocycles. The molecular formula is C22H35O5P. The van der Waals surface area contributed by atoms with E-state index in [0.717, 1.165) is 22.3 Å². The summed E-state index contributed by atoms with van der Waals surface area (Å²) in [6, 6.07) is 11.6. The fraction of sp³-hybridized carbons (Fsp3) is 0.455. The topological polar surface area (TPSA) is 101 Å². The number of rotatable bonds is 0. The zero-order valence-corrected chi connectivity index (χ0v) is 19.0. The van der Waals surface area contributed by atoms with Gasteiger partial charge in [0.1, 0.15) is 11.5 Å². The van der Waals surface area contributed by atoms with Gasteiger partial charge >= 0.3 is 8.60 Å². The lowest BCUT2D eigenvalue weighted by Gasteiger charge is -2.20. The molecule has 0 radical (unpaired) electrons. The highest BCUT2D eigenvalue weighted by Gasteiger charge is 2.17. The van der Waals surface area contributed by atoms with Crippen molar-refractivity contribution in [2.75, 3.05) is 0 Å². The summed E-state index contributed by atoms with van der Waals surface area (Å²) >= 11 is 0. The van der Waals surface area contributed by atoms with Gasteiger partial charge in [0.05, 0.1) is 0 Å². The van der Waals surface area contributed by atoms with E-state index in [9.17, 15) is 10.2 Å². The van der Waals surface area contributed by atoms with Crippen molar-refractivity contribution in [3.05, 3.63) is 58.7 Å². The maximum Gasteiger partial charge on any atom is 0.324 e. The quantitative estimate of drug-likeness (QED) is 0.385. The molecule has 2 rings (SSSR count).